The molecule has 2 aromatic carbocycles. The molecule has 3 N–H and O–H groups in total. The number of halogens is 3. The Kier molecular flexibility index (Phi) is 10.8. The van der Waals surface area contributed by atoms with E-state index in [1.165, 1.54) is 24.1 Å². The molecule has 1 heterocycles. The first-order chi connectivity index (χ1) is 18.6. The summed E-state index contributed by atoms with van der Waals surface area (Å²) < 4.78 is 39.3. The number of amides is 3. The van der Waals surface area contributed by atoms with Crippen molar-refractivity contribution in [2.75, 3.05) is 11.9 Å². The second kappa shape index (κ2) is 13.4. The molecule has 7 nitrogen and oxygen atoms in total. The largest absolute Gasteiger partial charge is 0.416 e. The Morgan fingerprint density at radius 3 is 2.20 bits per heavy atom. The van der Waals surface area contributed by atoms with Gasteiger partial charge in [0.15, 0.2) is 0 Å². The summed E-state index contributed by atoms with van der Waals surface area (Å²) in [7, 11) is 1.53. The first kappa shape index (κ1) is 32.3. The van der Waals surface area contributed by atoms with Crippen LogP contribution < -0.4 is 16.0 Å². The molecule has 3 amide bonds. The number of carbonyl (C=O) groups is 3. The van der Waals surface area contributed by atoms with Crippen molar-refractivity contribution in [2.45, 2.75) is 59.3 Å². The van der Waals surface area contributed by atoms with Gasteiger partial charge in [-0.25, -0.2) is 4.99 Å². The maximum atomic E-state index is 13.3. The molecule has 0 aromatic heterocycles. The Morgan fingerprint density at radius 1 is 1.12 bits per heavy atom. The number of hydrogen-bond acceptors (Lipinski definition) is 4. The van der Waals surface area contributed by atoms with Crippen molar-refractivity contribution < 1.29 is 27.6 Å². The fourth-order valence-corrected chi connectivity index (χ4v) is 4.16. The molecule has 2 atom stereocenters. The fraction of sp³-hybridized carbons (Fsp3) is 0.400. The molecule has 0 saturated carbocycles. The number of rotatable bonds is 7. The number of nitrogens with one attached hydrogen (secondary N) is 1. The van der Waals surface area contributed by atoms with Crippen LogP contribution in [-0.4, -0.2) is 36.6 Å². The lowest BCUT2D eigenvalue weighted by molar-refractivity contribution is -0.137. The number of benzene rings is 2. The van der Waals surface area contributed by atoms with Crippen LogP contribution in [0.15, 0.2) is 66.2 Å². The number of benzodiazepines with no additional fused rings is 1. The van der Waals surface area contributed by atoms with Gasteiger partial charge in [0.2, 0.25) is 18.0 Å². The summed E-state index contributed by atoms with van der Waals surface area (Å²) in [4.78, 5) is 43.9. The fourth-order valence-electron chi connectivity index (χ4n) is 4.16. The van der Waals surface area contributed by atoms with Gasteiger partial charge in [-0.05, 0) is 36.5 Å². The minimum Gasteiger partial charge on any atom is -0.370 e. The average molecular weight is 559 g/mol. The van der Waals surface area contributed by atoms with Crippen molar-refractivity contribution in [1.82, 2.24) is 5.32 Å². The highest BCUT2D eigenvalue weighted by molar-refractivity contribution is 6.20. The number of nitrogens with two attached hydrogens (primary N) is 1. The number of fused-ring (bicyclic) bond motifs is 1. The van der Waals surface area contributed by atoms with Gasteiger partial charge in [-0.3, -0.25) is 14.4 Å². The van der Waals surface area contributed by atoms with Gasteiger partial charge < -0.3 is 16.0 Å². The third kappa shape index (κ3) is 8.79. The summed E-state index contributed by atoms with van der Waals surface area (Å²) in [5.74, 6) is -2.52. The van der Waals surface area contributed by atoms with E-state index in [1.807, 2.05) is 26.8 Å². The average Bonchev–Trinajstić information content (AvgIpc) is 2.97. The molecule has 0 fully saturated rings. The van der Waals surface area contributed by atoms with E-state index in [4.69, 9.17) is 5.73 Å². The summed E-state index contributed by atoms with van der Waals surface area (Å²) in [5.41, 5.74) is 5.85. The van der Waals surface area contributed by atoms with E-state index in [0.717, 1.165) is 18.6 Å². The molecule has 40 heavy (non-hydrogen) atoms. The molecule has 0 radical (unpaired) electrons. The zero-order valence-corrected chi connectivity index (χ0v) is 23.5. The monoisotopic (exact) mass is 558 g/mol. The first-order valence-electron chi connectivity index (χ1n) is 12.9. The number of aliphatic imine (C=N–C) groups is 1. The van der Waals surface area contributed by atoms with Crippen molar-refractivity contribution in [3.63, 3.8) is 0 Å². The van der Waals surface area contributed by atoms with E-state index in [2.05, 4.69) is 23.8 Å². The van der Waals surface area contributed by atoms with E-state index in [-0.39, 0.29) is 17.5 Å². The van der Waals surface area contributed by atoms with E-state index in [0.29, 0.717) is 23.2 Å². The second-order valence-corrected chi connectivity index (χ2v) is 10.7. The normalized spacial score (nSPS) is 16.0. The summed E-state index contributed by atoms with van der Waals surface area (Å²) in [5, 5.41) is 2.63. The van der Waals surface area contributed by atoms with E-state index in [1.54, 1.807) is 24.3 Å². The SMILES string of the molecule is C=CCC.CN1C(=O)C(NC(=O)C(CC(N)=O)CC(C)(C)C)N=C(c2ccc(C(F)(F)F)cc2)c2ccccc21. The number of primary amides is 1. The molecule has 0 saturated heterocycles. The first-order valence-corrected chi connectivity index (χ1v) is 12.9. The van der Waals surface area contributed by atoms with Crippen LogP contribution in [0.25, 0.3) is 0 Å². The molecule has 0 aliphatic carbocycles. The summed E-state index contributed by atoms with van der Waals surface area (Å²) in [6, 6.07) is 11.3. The zero-order chi connectivity index (χ0) is 30.3. The lowest BCUT2D eigenvalue weighted by Crippen LogP contribution is -2.48. The Morgan fingerprint density at radius 2 is 1.70 bits per heavy atom. The number of anilines is 1. The van der Waals surface area contributed by atoms with Gasteiger partial charge >= 0.3 is 6.18 Å². The Hall–Kier alpha value is -3.95. The quantitative estimate of drug-likeness (QED) is 0.440. The second-order valence-electron chi connectivity index (χ2n) is 10.7. The van der Waals surface area contributed by atoms with Crippen LogP contribution in [0.2, 0.25) is 0 Å². The Balaban J connectivity index is 0.00000131. The van der Waals surface area contributed by atoms with Gasteiger partial charge in [-0.1, -0.05) is 64.1 Å². The van der Waals surface area contributed by atoms with Gasteiger partial charge in [-0.2, -0.15) is 13.2 Å². The Labute approximate surface area is 233 Å². The van der Waals surface area contributed by atoms with Gasteiger partial charge in [-0.15, -0.1) is 6.58 Å². The zero-order valence-electron chi connectivity index (χ0n) is 23.5. The van der Waals surface area contributed by atoms with Gasteiger partial charge in [0.1, 0.15) is 0 Å². The summed E-state index contributed by atoms with van der Waals surface area (Å²) in [6.45, 7) is 11.3. The number of alkyl halides is 3. The third-order valence-electron chi connectivity index (χ3n) is 6.07. The van der Waals surface area contributed by atoms with Crippen molar-refractivity contribution in [3.8, 4) is 0 Å². The highest BCUT2D eigenvalue weighted by Crippen LogP contribution is 2.32. The molecule has 1 aliphatic heterocycles. The lowest BCUT2D eigenvalue weighted by Gasteiger charge is -2.26. The van der Waals surface area contributed by atoms with E-state index in [9.17, 15) is 27.6 Å². The molecule has 1 aliphatic rings. The van der Waals surface area contributed by atoms with Crippen LogP contribution in [0.3, 0.4) is 0 Å². The lowest BCUT2D eigenvalue weighted by atomic mass is 9.82. The number of para-hydroxylation sites is 1. The van der Waals surface area contributed by atoms with Crippen LogP contribution in [0.4, 0.5) is 18.9 Å². The Bertz CT molecular complexity index is 1250. The minimum atomic E-state index is -4.50. The molecular formula is C30H37F3N4O3. The predicted octanol–water partition coefficient (Wildman–Crippen LogP) is 5.47. The van der Waals surface area contributed by atoms with Gasteiger partial charge in [0.25, 0.3) is 5.91 Å². The number of carbonyl (C=O) groups excluding carboxylic acids is 3. The third-order valence-corrected chi connectivity index (χ3v) is 6.07. The summed E-state index contributed by atoms with van der Waals surface area (Å²) in [6.07, 6.45) is -2.76. The van der Waals surface area contributed by atoms with Crippen molar-refractivity contribution >= 4 is 29.1 Å². The van der Waals surface area contributed by atoms with Crippen molar-refractivity contribution in [3.05, 3.63) is 77.9 Å². The number of nitrogens with zero attached hydrogens (tertiary/aromatic N) is 2. The number of allylic oxidation sites excluding steroid dienone is 1. The predicted molar refractivity (Wildman–Crippen MR) is 151 cm³/mol. The molecule has 10 heteroatoms. The van der Waals surface area contributed by atoms with Gasteiger partial charge in [0, 0.05) is 30.5 Å². The van der Waals surface area contributed by atoms with Crippen LogP contribution in [-0.2, 0) is 20.6 Å². The molecule has 2 aromatic rings. The maximum absolute atomic E-state index is 13.3. The van der Waals surface area contributed by atoms with Crippen molar-refractivity contribution in [1.29, 1.82) is 0 Å². The molecule has 3 rings (SSSR count). The minimum absolute atomic E-state index is 0.199. The van der Waals surface area contributed by atoms with Crippen molar-refractivity contribution in [2.24, 2.45) is 22.1 Å². The molecular weight excluding hydrogens is 521 g/mol. The molecule has 0 bridgehead atoms. The topological polar surface area (TPSA) is 105 Å². The maximum Gasteiger partial charge on any atom is 0.416 e. The standard InChI is InChI=1S/C26H29F3N4O3.C4H8/c1-25(2,3)14-16(13-20(30)34)23(35)32-22-24(36)33(4)19-8-6-5-7-18(19)21(31-22)15-9-11-17(12-10-15)26(27,28)29;1-3-4-2/h5-12,16,22H,13-14H2,1-4H3,(H2,30,34)(H,32,35);3H,1,4H2,2H3. The molecule has 216 valence electrons. The smallest absolute Gasteiger partial charge is 0.370 e. The van der Waals surface area contributed by atoms with Gasteiger partial charge in [0.05, 0.1) is 17.0 Å². The highest BCUT2D eigenvalue weighted by Gasteiger charge is 2.35. The number of likely N-dealkylation sites (N-methyl/N-ethyl adjacent to an activating group) is 1. The highest BCUT2D eigenvalue weighted by atomic mass is 19.4. The van der Waals surface area contributed by atoms with Crippen LogP contribution in [0, 0.1) is 11.3 Å². The molecule has 2 unspecified atom stereocenters. The molecule has 0 spiro atoms. The van der Waals surface area contributed by atoms with E-state index >= 15 is 0 Å². The van der Waals surface area contributed by atoms with E-state index < -0.39 is 41.5 Å². The van der Waals surface area contributed by atoms with Crippen LogP contribution >= 0.6 is 0 Å². The van der Waals surface area contributed by atoms with Crippen LogP contribution in [0.1, 0.15) is 63.6 Å². The van der Waals surface area contributed by atoms with Crippen LogP contribution in [0.5, 0.6) is 0 Å². The summed E-state index contributed by atoms with van der Waals surface area (Å²) >= 11 is 0. The number of hydrogen-bond donors (Lipinski definition) is 2.